The molecule has 0 aliphatic carbocycles. The average molecular weight is 891 g/mol. The summed E-state index contributed by atoms with van der Waals surface area (Å²) in [5, 5.41) is 4.29. The summed E-state index contributed by atoms with van der Waals surface area (Å²) >= 11 is 3.47. The van der Waals surface area contributed by atoms with Crippen LogP contribution in [0.5, 0.6) is 0 Å². The van der Waals surface area contributed by atoms with Crippen molar-refractivity contribution in [1.82, 2.24) is 5.32 Å². The summed E-state index contributed by atoms with van der Waals surface area (Å²) in [5.41, 5.74) is 4.88. The van der Waals surface area contributed by atoms with Crippen molar-refractivity contribution in [3.63, 3.8) is 0 Å². The topological polar surface area (TPSA) is 143 Å². The zero-order valence-corrected chi connectivity index (χ0v) is 38.3. The van der Waals surface area contributed by atoms with Crippen molar-refractivity contribution >= 4 is 52.2 Å². The quantitative estimate of drug-likeness (QED) is 0.0268. The zero-order valence-electron chi connectivity index (χ0n) is 35.9. The van der Waals surface area contributed by atoms with Crippen LogP contribution in [0.2, 0.25) is 0 Å². The SMILES string of the molecule is C.CCOC(=O)CN.CCOC(=O)CNCCCCCCCCCCCCCCCCC(=O)OC.COC(=O)CCCCCCCCCCCCCCCBr.Cl. The first-order valence-corrected chi connectivity index (χ1v) is 22.9. The number of nitrogens with one attached hydrogen (secondary N) is 1. The number of ether oxygens (including phenoxy) is 4. The molecule has 0 radical (unpaired) electrons. The Morgan fingerprint density at radius 1 is 0.464 bits per heavy atom. The van der Waals surface area contributed by atoms with Gasteiger partial charge in [0.1, 0.15) is 0 Å². The van der Waals surface area contributed by atoms with Gasteiger partial charge in [-0.3, -0.25) is 19.2 Å². The second-order valence-electron chi connectivity index (χ2n) is 13.9. The Balaban J connectivity index is -0.000000263. The molecule has 338 valence electrons. The smallest absolute Gasteiger partial charge is 0.319 e. The van der Waals surface area contributed by atoms with E-state index in [-0.39, 0.29) is 50.3 Å². The van der Waals surface area contributed by atoms with Gasteiger partial charge in [-0.1, -0.05) is 171 Å². The van der Waals surface area contributed by atoms with Crippen molar-refractivity contribution in [2.45, 2.75) is 207 Å². The van der Waals surface area contributed by atoms with E-state index in [1.54, 1.807) is 6.92 Å². The molecule has 0 saturated carbocycles. The maximum absolute atomic E-state index is 11.1. The molecule has 0 rings (SSSR count). The van der Waals surface area contributed by atoms with Gasteiger partial charge in [0, 0.05) is 18.2 Å². The highest BCUT2D eigenvalue weighted by Crippen LogP contribution is 2.15. The number of nitrogens with two attached hydrogens (primary N) is 1. The van der Waals surface area contributed by atoms with Crippen LogP contribution in [-0.2, 0) is 38.1 Å². The van der Waals surface area contributed by atoms with Gasteiger partial charge in [-0.2, -0.15) is 0 Å². The van der Waals surface area contributed by atoms with E-state index in [2.05, 4.69) is 35.5 Å². The Labute approximate surface area is 359 Å². The van der Waals surface area contributed by atoms with Gasteiger partial charge in [0.25, 0.3) is 0 Å². The predicted molar refractivity (Wildman–Crippen MR) is 241 cm³/mol. The zero-order chi connectivity index (χ0) is 40.6. The van der Waals surface area contributed by atoms with Gasteiger partial charge in [-0.15, -0.1) is 12.4 Å². The Morgan fingerprint density at radius 2 is 0.750 bits per heavy atom. The Kier molecular flexibility index (Phi) is 65.9. The van der Waals surface area contributed by atoms with Gasteiger partial charge in [0.2, 0.25) is 0 Å². The lowest BCUT2D eigenvalue weighted by molar-refractivity contribution is -0.142. The highest BCUT2D eigenvalue weighted by Gasteiger charge is 2.02. The fourth-order valence-corrected chi connectivity index (χ4v) is 6.17. The molecular formula is C44H90BrClN2O8. The van der Waals surface area contributed by atoms with Crippen LogP contribution in [0.4, 0.5) is 0 Å². The van der Waals surface area contributed by atoms with Crippen LogP contribution in [0.1, 0.15) is 207 Å². The van der Waals surface area contributed by atoms with Gasteiger partial charge < -0.3 is 30.0 Å². The molecule has 12 heteroatoms. The predicted octanol–water partition coefficient (Wildman–Crippen LogP) is 11.7. The molecular weight excluding hydrogens is 800 g/mol. The summed E-state index contributed by atoms with van der Waals surface area (Å²) in [6, 6.07) is 0. The third kappa shape index (κ3) is 61.8. The van der Waals surface area contributed by atoms with E-state index in [0.717, 1.165) is 37.6 Å². The highest BCUT2D eigenvalue weighted by atomic mass is 79.9. The minimum atomic E-state index is -0.345. The number of esters is 4. The first-order valence-electron chi connectivity index (χ1n) is 21.7. The Morgan fingerprint density at radius 3 is 1.02 bits per heavy atom. The molecule has 0 fully saturated rings. The van der Waals surface area contributed by atoms with E-state index in [1.165, 1.54) is 162 Å². The molecule has 0 aromatic rings. The molecule has 0 saturated heterocycles. The van der Waals surface area contributed by atoms with E-state index < -0.39 is 0 Å². The molecule has 0 aromatic heterocycles. The van der Waals surface area contributed by atoms with Crippen LogP contribution in [-0.4, -0.2) is 76.3 Å². The summed E-state index contributed by atoms with van der Waals surface area (Å²) in [7, 11) is 2.92. The monoisotopic (exact) mass is 889 g/mol. The van der Waals surface area contributed by atoms with Gasteiger partial charge >= 0.3 is 23.9 Å². The minimum Gasteiger partial charge on any atom is -0.469 e. The van der Waals surface area contributed by atoms with Crippen LogP contribution >= 0.6 is 28.3 Å². The molecule has 3 N–H and O–H groups in total. The molecule has 0 amide bonds. The second kappa shape index (κ2) is 57.9. The first kappa shape index (κ1) is 63.7. The largest absolute Gasteiger partial charge is 0.469 e. The second-order valence-corrected chi connectivity index (χ2v) is 14.7. The molecule has 0 aliphatic rings. The summed E-state index contributed by atoms with van der Waals surface area (Å²) in [4.78, 5) is 43.1. The van der Waals surface area contributed by atoms with E-state index >= 15 is 0 Å². The maximum atomic E-state index is 11.1. The third-order valence-electron chi connectivity index (χ3n) is 9.00. The van der Waals surface area contributed by atoms with Crippen LogP contribution in [0.25, 0.3) is 0 Å². The molecule has 0 aromatic carbocycles. The molecule has 0 bridgehead atoms. The Bertz CT molecular complexity index is 811. The lowest BCUT2D eigenvalue weighted by atomic mass is 10.0. The van der Waals surface area contributed by atoms with Gasteiger partial charge in [-0.25, -0.2) is 0 Å². The van der Waals surface area contributed by atoms with Crippen molar-refractivity contribution in [3.05, 3.63) is 0 Å². The van der Waals surface area contributed by atoms with Gasteiger partial charge in [-0.05, 0) is 46.1 Å². The molecule has 56 heavy (non-hydrogen) atoms. The van der Waals surface area contributed by atoms with Crippen LogP contribution < -0.4 is 11.1 Å². The number of halogens is 2. The summed E-state index contributed by atoms with van der Waals surface area (Å²) in [6.45, 7) is 5.66. The number of unbranched alkanes of at least 4 members (excludes halogenated alkanes) is 25. The number of hydrogen-bond acceptors (Lipinski definition) is 10. The van der Waals surface area contributed by atoms with Crippen LogP contribution in [0.3, 0.4) is 0 Å². The standard InChI is InChI=1S/C22H43NO4.C17H33BrO2.C4H9NO2.CH4.ClH/c1-3-27-22(25)20-23-19-17-15-13-11-9-7-5-4-6-8-10-12-14-16-18-21(24)26-2;1-20-17(19)15-13-11-9-7-5-3-2-4-6-8-10-12-14-16-18;1-2-7-4(6)3-5;;/h23H,3-20H2,1-2H3;2-16H2,1H3;2-3,5H2,1H3;1H4;1H. The molecule has 0 heterocycles. The van der Waals surface area contributed by atoms with Crippen molar-refractivity contribution in [1.29, 1.82) is 0 Å². The number of hydrogen-bond donors (Lipinski definition) is 2. The van der Waals surface area contributed by atoms with Crippen LogP contribution in [0, 0.1) is 0 Å². The van der Waals surface area contributed by atoms with Gasteiger partial charge in [0.05, 0.1) is 40.5 Å². The maximum Gasteiger partial charge on any atom is 0.319 e. The third-order valence-corrected chi connectivity index (χ3v) is 9.56. The highest BCUT2D eigenvalue weighted by molar-refractivity contribution is 9.09. The van der Waals surface area contributed by atoms with Crippen molar-refractivity contribution < 1.29 is 38.1 Å². The molecule has 0 aliphatic heterocycles. The normalized spacial score (nSPS) is 10.0. The molecule has 10 nitrogen and oxygen atoms in total. The van der Waals surface area contributed by atoms with Crippen molar-refractivity contribution in [3.8, 4) is 0 Å². The fourth-order valence-electron chi connectivity index (χ4n) is 5.78. The van der Waals surface area contributed by atoms with Gasteiger partial charge in [0.15, 0.2) is 0 Å². The van der Waals surface area contributed by atoms with Crippen molar-refractivity contribution in [2.24, 2.45) is 5.73 Å². The van der Waals surface area contributed by atoms with E-state index in [4.69, 9.17) is 10.5 Å². The van der Waals surface area contributed by atoms with E-state index in [9.17, 15) is 19.2 Å². The summed E-state index contributed by atoms with van der Waals surface area (Å²) < 4.78 is 18.6. The lowest BCUT2D eigenvalue weighted by Crippen LogP contribution is -2.25. The minimum absolute atomic E-state index is 0. The number of carbonyl (C=O) groups excluding carboxylic acids is 4. The molecule has 0 atom stereocenters. The van der Waals surface area contributed by atoms with Crippen molar-refractivity contribution in [2.75, 3.05) is 52.4 Å². The van der Waals surface area contributed by atoms with Crippen LogP contribution in [0.15, 0.2) is 0 Å². The number of rotatable bonds is 37. The van der Waals surface area contributed by atoms with E-state index in [1.807, 2.05) is 6.92 Å². The lowest BCUT2D eigenvalue weighted by Gasteiger charge is -2.05. The Hall–Kier alpha value is -1.43. The summed E-state index contributed by atoms with van der Waals surface area (Å²) in [5.74, 6) is -0.652. The number of methoxy groups -OCH3 is 2. The molecule has 0 spiro atoms. The van der Waals surface area contributed by atoms with E-state index in [0.29, 0.717) is 32.6 Å². The number of alkyl halides is 1. The molecule has 0 unspecified atom stereocenters. The summed E-state index contributed by atoms with van der Waals surface area (Å²) in [6.07, 6.45) is 36.2. The fraction of sp³-hybridized carbons (Fsp3) is 0.909. The first-order chi connectivity index (χ1) is 26.3. The average Bonchev–Trinajstić information content (AvgIpc) is 3.17. The number of carbonyl (C=O) groups is 4.